The van der Waals surface area contributed by atoms with Crippen molar-refractivity contribution in [3.8, 4) is 0 Å². The first-order chi connectivity index (χ1) is 31.0. The van der Waals surface area contributed by atoms with Crippen LogP contribution in [-0.4, -0.2) is 110 Å². The molecule has 2 unspecified atom stereocenters. The van der Waals surface area contributed by atoms with Gasteiger partial charge in [0.15, 0.2) is 12.4 Å². The molecule has 1 saturated heterocycles. The Kier molecular flexibility index (Phi) is 35.5. The van der Waals surface area contributed by atoms with E-state index in [0.717, 1.165) is 77.0 Å². The lowest BCUT2D eigenvalue weighted by molar-refractivity contribution is -0.199. The molecule has 8 atom stereocenters. The van der Waals surface area contributed by atoms with Crippen molar-refractivity contribution < 1.29 is 81.6 Å². The van der Waals surface area contributed by atoms with Crippen LogP contribution in [0.1, 0.15) is 162 Å². The van der Waals surface area contributed by atoms with Crippen molar-refractivity contribution in [2.45, 2.75) is 198 Å². The van der Waals surface area contributed by atoms with Gasteiger partial charge in [-0.3, -0.25) is 23.2 Å². The molecule has 19 heteroatoms. The largest absolute Gasteiger partial charge is 0.472 e. The third kappa shape index (κ3) is 35.7. The van der Waals surface area contributed by atoms with Crippen LogP contribution in [0.5, 0.6) is 0 Å². The van der Waals surface area contributed by atoms with E-state index in [4.69, 9.17) is 28.5 Å². The summed E-state index contributed by atoms with van der Waals surface area (Å²) >= 11 is 0. The Bertz CT molecular complexity index is 1450. The molecule has 1 rings (SSSR count). The summed E-state index contributed by atoms with van der Waals surface area (Å²) in [5.41, 5.74) is 0. The second-order valence-electron chi connectivity index (χ2n) is 16.6. The van der Waals surface area contributed by atoms with E-state index >= 15 is 0 Å². The lowest BCUT2D eigenvalue weighted by Crippen LogP contribution is -2.43. The number of allylic oxidation sites excluding steroid dienone is 6. The Hall–Kier alpha value is -2.08. The second-order valence-corrected chi connectivity index (χ2v) is 19.2. The normalized spacial score (nSPS) is 20.8. The number of hydrogen-bond acceptors (Lipinski definition) is 14. The highest BCUT2D eigenvalue weighted by Crippen LogP contribution is 2.44. The van der Waals surface area contributed by atoms with Gasteiger partial charge in [-0.1, -0.05) is 127 Å². The van der Waals surface area contributed by atoms with Gasteiger partial charge in [0, 0.05) is 25.2 Å². The van der Waals surface area contributed by atoms with Gasteiger partial charge in [0.1, 0.15) is 12.7 Å². The molecule has 0 aromatic carbocycles. The van der Waals surface area contributed by atoms with Crippen LogP contribution in [0, 0.1) is 5.92 Å². The van der Waals surface area contributed by atoms with Gasteiger partial charge in [-0.25, -0.2) is 9.13 Å². The number of aliphatic hydroxyl groups excluding tert-OH is 4. The Labute approximate surface area is 387 Å². The number of aliphatic hydroxyl groups is 4. The molecule has 0 aromatic heterocycles. The van der Waals surface area contributed by atoms with Gasteiger partial charge in [-0.15, -0.1) is 0 Å². The SMILES string of the molecule is CCCCC/C=C\C/C=C\CCCCCCCCCC(=O)O[C@H](COC(=O)CCC/C=C\C[C@H]1[C@@H](O)CC(O)O[C@@H]1/C=C/[C@@H](O)CCCCC)COP(=O)(O)OC[C@@H](O)COP(=O)(O)O. The van der Waals surface area contributed by atoms with Crippen molar-refractivity contribution in [2.75, 3.05) is 26.4 Å². The molecule has 0 bridgehead atoms. The molecule has 1 aliphatic heterocycles. The number of rotatable bonds is 40. The van der Waals surface area contributed by atoms with Crippen LogP contribution in [0.25, 0.3) is 0 Å². The Morgan fingerprint density at radius 3 is 1.92 bits per heavy atom. The molecular weight excluding hydrogens is 886 g/mol. The third-order valence-corrected chi connectivity index (χ3v) is 11.9. The van der Waals surface area contributed by atoms with Crippen molar-refractivity contribution in [1.82, 2.24) is 0 Å². The first kappa shape index (κ1) is 60.9. The van der Waals surface area contributed by atoms with E-state index in [1.54, 1.807) is 12.2 Å². The van der Waals surface area contributed by atoms with Gasteiger partial charge in [-0.2, -0.15) is 0 Å². The molecule has 0 amide bonds. The van der Waals surface area contributed by atoms with E-state index in [1.165, 1.54) is 19.3 Å². The summed E-state index contributed by atoms with van der Waals surface area (Å²) in [6, 6.07) is 0. The van der Waals surface area contributed by atoms with Gasteiger partial charge in [0.2, 0.25) is 0 Å². The average Bonchev–Trinajstić information content (AvgIpc) is 3.25. The van der Waals surface area contributed by atoms with Crippen LogP contribution in [0.3, 0.4) is 0 Å². The van der Waals surface area contributed by atoms with Crippen LogP contribution in [0.4, 0.5) is 0 Å². The minimum absolute atomic E-state index is 0.00176. The molecule has 0 radical (unpaired) electrons. The highest BCUT2D eigenvalue weighted by atomic mass is 31.2. The summed E-state index contributed by atoms with van der Waals surface area (Å²) < 4.78 is 53.5. The maximum atomic E-state index is 12.7. The van der Waals surface area contributed by atoms with Crippen LogP contribution >= 0.6 is 15.6 Å². The van der Waals surface area contributed by atoms with Gasteiger partial charge < -0.3 is 49.3 Å². The van der Waals surface area contributed by atoms with Crippen molar-refractivity contribution in [1.29, 1.82) is 0 Å². The van der Waals surface area contributed by atoms with Gasteiger partial charge in [0.25, 0.3) is 0 Å². The van der Waals surface area contributed by atoms with Crippen LogP contribution in [-0.2, 0) is 46.5 Å². The molecule has 17 nitrogen and oxygen atoms in total. The molecule has 1 aliphatic rings. The first-order valence-corrected chi connectivity index (χ1v) is 26.8. The number of carbonyl (C=O) groups excluding carboxylic acids is 2. The molecule has 1 fully saturated rings. The molecule has 1 heterocycles. The molecule has 0 saturated carbocycles. The topological polar surface area (TPSA) is 265 Å². The number of esters is 2. The lowest BCUT2D eigenvalue weighted by atomic mass is 9.87. The van der Waals surface area contributed by atoms with E-state index < -0.39 is 90.8 Å². The zero-order chi connectivity index (χ0) is 48.2. The van der Waals surface area contributed by atoms with Crippen LogP contribution < -0.4 is 0 Å². The number of phosphoric acid groups is 2. The number of hydrogen-bond donors (Lipinski definition) is 7. The van der Waals surface area contributed by atoms with Crippen LogP contribution in [0.2, 0.25) is 0 Å². The summed E-state index contributed by atoms with van der Waals surface area (Å²) in [7, 11) is -9.78. The lowest BCUT2D eigenvalue weighted by Gasteiger charge is -2.36. The molecule has 65 heavy (non-hydrogen) atoms. The standard InChI is InChI=1S/C46H82O17P2/c1-3-5-7-8-9-10-11-12-13-14-15-16-17-18-19-20-26-30-45(51)62-40(37-61-65(56,57)60-35-39(48)34-59-64(53,54)55)36-58-44(50)29-25-22-21-24-28-41-42(49)33-46(52)63-43(41)32-31-38(47)27-23-6-4-2/h9-10,12-13,21,24,31-32,38-43,46-49,52H,3-8,11,14-20,22-23,25-30,33-37H2,1-2H3,(H,56,57)(H2,53,54,55)/b10-9-,13-12-,24-21-,32-31+/t38-,39-,40+,41-,42-,43+,46?/m0/s1. The summed E-state index contributed by atoms with van der Waals surface area (Å²) in [5.74, 6) is -1.59. The van der Waals surface area contributed by atoms with Gasteiger partial charge in [-0.05, 0) is 64.2 Å². The maximum absolute atomic E-state index is 12.7. The van der Waals surface area contributed by atoms with E-state index in [2.05, 4.69) is 47.2 Å². The Morgan fingerprint density at radius 1 is 0.677 bits per heavy atom. The highest BCUT2D eigenvalue weighted by molar-refractivity contribution is 7.47. The van der Waals surface area contributed by atoms with E-state index in [1.807, 2.05) is 12.2 Å². The van der Waals surface area contributed by atoms with Crippen molar-refractivity contribution in [3.63, 3.8) is 0 Å². The van der Waals surface area contributed by atoms with Crippen LogP contribution in [0.15, 0.2) is 48.6 Å². The summed E-state index contributed by atoms with van der Waals surface area (Å²) in [5, 5.41) is 40.8. The first-order valence-electron chi connectivity index (χ1n) is 23.7. The van der Waals surface area contributed by atoms with E-state index in [-0.39, 0.29) is 25.2 Å². The fraction of sp³-hybridized carbons (Fsp3) is 0.783. The van der Waals surface area contributed by atoms with Gasteiger partial charge >= 0.3 is 27.6 Å². The second kappa shape index (κ2) is 37.8. The fourth-order valence-corrected chi connectivity index (χ4v) is 7.93. The summed E-state index contributed by atoms with van der Waals surface area (Å²) in [6.45, 7) is 1.32. The molecule has 7 N–H and O–H groups in total. The Balaban J connectivity index is 2.57. The fourth-order valence-electron chi connectivity index (χ4n) is 6.77. The summed E-state index contributed by atoms with van der Waals surface area (Å²) in [6.07, 6.45) is 28.5. The monoisotopic (exact) mass is 969 g/mol. The highest BCUT2D eigenvalue weighted by Gasteiger charge is 2.35. The Morgan fingerprint density at radius 2 is 1.25 bits per heavy atom. The quantitative estimate of drug-likeness (QED) is 0.0132. The maximum Gasteiger partial charge on any atom is 0.472 e. The number of unbranched alkanes of at least 4 members (excludes halogenated alkanes) is 13. The third-order valence-electron chi connectivity index (χ3n) is 10.5. The van der Waals surface area contributed by atoms with E-state index in [0.29, 0.717) is 32.1 Å². The molecule has 0 aromatic rings. The number of phosphoric ester groups is 2. The van der Waals surface area contributed by atoms with E-state index in [9.17, 15) is 44.0 Å². The molecular formula is C46H82O17P2. The molecule has 0 aliphatic carbocycles. The minimum atomic E-state index is -4.90. The van der Waals surface area contributed by atoms with Crippen molar-refractivity contribution >= 4 is 27.6 Å². The van der Waals surface area contributed by atoms with Crippen molar-refractivity contribution in [3.05, 3.63) is 48.6 Å². The van der Waals surface area contributed by atoms with Crippen molar-refractivity contribution in [2.24, 2.45) is 5.92 Å². The minimum Gasteiger partial charge on any atom is -0.462 e. The predicted molar refractivity (Wildman–Crippen MR) is 247 cm³/mol. The molecule has 378 valence electrons. The predicted octanol–water partition coefficient (Wildman–Crippen LogP) is 8.34. The van der Waals surface area contributed by atoms with Gasteiger partial charge in [0.05, 0.1) is 38.1 Å². The zero-order valence-electron chi connectivity index (χ0n) is 38.9. The molecule has 0 spiro atoms. The smallest absolute Gasteiger partial charge is 0.462 e. The average molecular weight is 969 g/mol. The number of ether oxygens (including phenoxy) is 3. The number of carbonyl (C=O) groups is 2. The summed E-state index contributed by atoms with van der Waals surface area (Å²) in [4.78, 5) is 53.0. The zero-order valence-corrected chi connectivity index (χ0v) is 40.6.